The van der Waals surface area contributed by atoms with E-state index in [1.54, 1.807) is 31.7 Å². The number of aliphatic hydroxyl groups excluding tert-OH is 1. The fourth-order valence-electron chi connectivity index (χ4n) is 0.989. The molecular weight excluding hydrogens is 371 g/mol. The van der Waals surface area contributed by atoms with Gasteiger partial charge in [-0.2, -0.15) is 0 Å². The van der Waals surface area contributed by atoms with Gasteiger partial charge >= 0.3 is 0 Å². The van der Waals surface area contributed by atoms with Crippen LogP contribution in [0.3, 0.4) is 0 Å². The van der Waals surface area contributed by atoms with E-state index in [0.717, 1.165) is 22.8 Å². The summed E-state index contributed by atoms with van der Waals surface area (Å²) in [6.45, 7) is 3.67. The minimum absolute atomic E-state index is 0.0142. The highest BCUT2D eigenvalue weighted by Gasteiger charge is 1.89. The van der Waals surface area contributed by atoms with Gasteiger partial charge in [0.2, 0.25) is 9.23 Å². The van der Waals surface area contributed by atoms with Crippen molar-refractivity contribution < 1.29 is 9.32 Å². The van der Waals surface area contributed by atoms with Crippen LogP contribution in [0.5, 0.6) is 0 Å². The first kappa shape index (κ1) is 21.1. The van der Waals surface area contributed by atoms with Gasteiger partial charge < -0.3 is 5.11 Å². The van der Waals surface area contributed by atoms with Gasteiger partial charge in [-0.05, 0) is 13.8 Å². The first-order valence-electron chi connectivity index (χ1n) is 5.85. The largest absolute Gasteiger partial charge is 0.392 e. The van der Waals surface area contributed by atoms with Crippen LogP contribution in [0.2, 0.25) is 0 Å². The Hall–Kier alpha value is -0.860. The van der Waals surface area contributed by atoms with Gasteiger partial charge in [0, 0.05) is 57.3 Å². The summed E-state index contributed by atoms with van der Waals surface area (Å²) >= 11 is 5.50. The standard InChI is InChI=1S/C6H7ClN2.C6H8N2O.Cl2OS/c1-5-8-3-6(2-7)4-9-5;1-5-7-2-6(4-9)3-8-5;1-4(2)3/h3-4H,2H2,1H3;2-3,9H,4H2,1H3;. The predicted octanol–water partition coefficient (Wildman–Crippen LogP) is 2.84. The van der Waals surface area contributed by atoms with E-state index in [1.807, 2.05) is 6.92 Å². The van der Waals surface area contributed by atoms with Crippen LogP contribution < -0.4 is 0 Å². The average Bonchev–Trinajstić information content (AvgIpc) is 2.49. The number of hydrogen-bond donors (Lipinski definition) is 1. The van der Waals surface area contributed by atoms with Gasteiger partial charge in [0.15, 0.2) is 0 Å². The zero-order chi connectivity index (χ0) is 17.0. The molecule has 22 heavy (non-hydrogen) atoms. The maximum atomic E-state index is 9.09. The van der Waals surface area contributed by atoms with Gasteiger partial charge in [-0.15, -0.1) is 11.6 Å². The normalized spacial score (nSPS) is 9.41. The monoisotopic (exact) mass is 384 g/mol. The van der Waals surface area contributed by atoms with Crippen LogP contribution in [0.25, 0.3) is 0 Å². The molecule has 0 fully saturated rings. The van der Waals surface area contributed by atoms with Gasteiger partial charge in [-0.25, -0.2) is 24.1 Å². The van der Waals surface area contributed by atoms with Crippen LogP contribution in [0.15, 0.2) is 24.8 Å². The van der Waals surface area contributed by atoms with E-state index < -0.39 is 9.23 Å². The molecule has 1 N–H and O–H groups in total. The Morgan fingerprint density at radius 2 is 1.27 bits per heavy atom. The number of aryl methyl sites for hydroxylation is 2. The molecular formula is C12H15Cl3N4O2S. The molecule has 0 saturated carbocycles. The van der Waals surface area contributed by atoms with Gasteiger partial charge in [0.25, 0.3) is 0 Å². The summed E-state index contributed by atoms with van der Waals surface area (Å²) in [5, 5.41) is 8.55. The molecule has 0 aliphatic carbocycles. The SMILES string of the molecule is Cc1ncc(CCl)cn1.Cc1ncc(CO)cn1.O=S(Cl)Cl. The number of halogens is 3. The van der Waals surface area contributed by atoms with Crippen molar-refractivity contribution in [1.29, 1.82) is 0 Å². The number of aromatic nitrogens is 4. The van der Waals surface area contributed by atoms with E-state index in [-0.39, 0.29) is 6.61 Å². The second kappa shape index (κ2) is 12.7. The summed E-state index contributed by atoms with van der Waals surface area (Å²) in [6.07, 6.45) is 6.69. The lowest BCUT2D eigenvalue weighted by Crippen LogP contribution is -1.89. The number of hydrogen-bond acceptors (Lipinski definition) is 6. The molecule has 0 atom stereocenters. The summed E-state index contributed by atoms with van der Waals surface area (Å²) in [7, 11) is 7.36. The van der Waals surface area contributed by atoms with Crippen molar-refractivity contribution in [2.75, 3.05) is 0 Å². The van der Waals surface area contributed by atoms with Crippen LogP contribution in [-0.2, 0) is 21.7 Å². The van der Waals surface area contributed by atoms with Crippen molar-refractivity contribution >= 4 is 42.2 Å². The maximum absolute atomic E-state index is 9.09. The average molecular weight is 386 g/mol. The Labute approximate surface area is 145 Å². The number of aliphatic hydroxyl groups is 1. The second-order valence-corrected chi connectivity index (χ2v) is 6.54. The maximum Gasteiger partial charge on any atom is 0.211 e. The third kappa shape index (κ3) is 11.8. The van der Waals surface area contributed by atoms with Crippen molar-refractivity contribution in [3.8, 4) is 0 Å². The summed E-state index contributed by atoms with van der Waals surface area (Å²) in [6, 6.07) is 0. The molecule has 0 saturated heterocycles. The molecule has 2 aromatic rings. The number of nitrogens with zero attached hydrogens (tertiary/aromatic N) is 4. The first-order chi connectivity index (χ1) is 10.4. The Bertz CT molecular complexity index is 506. The number of rotatable bonds is 2. The van der Waals surface area contributed by atoms with Crippen molar-refractivity contribution in [3.05, 3.63) is 47.6 Å². The Balaban J connectivity index is 0.000000326. The topological polar surface area (TPSA) is 88.9 Å². The minimum atomic E-state index is -1.67. The van der Waals surface area contributed by atoms with E-state index >= 15 is 0 Å². The third-order valence-electron chi connectivity index (χ3n) is 2.01. The molecule has 0 aliphatic rings. The van der Waals surface area contributed by atoms with Crippen molar-refractivity contribution in [3.63, 3.8) is 0 Å². The number of alkyl halides is 1. The molecule has 6 nitrogen and oxygen atoms in total. The Kier molecular flexibility index (Phi) is 12.2. The molecule has 0 radical (unpaired) electrons. The predicted molar refractivity (Wildman–Crippen MR) is 88.9 cm³/mol. The summed E-state index contributed by atoms with van der Waals surface area (Å²) < 4.78 is 9.09. The van der Waals surface area contributed by atoms with Crippen LogP contribution in [0.1, 0.15) is 22.8 Å². The molecule has 0 aliphatic heterocycles. The van der Waals surface area contributed by atoms with Crippen LogP contribution >= 0.6 is 33.0 Å². The summed E-state index contributed by atoms with van der Waals surface area (Å²) in [5.74, 6) is 2.00. The molecule has 122 valence electrons. The zero-order valence-corrected chi connectivity index (χ0v) is 15.0. The fourth-order valence-corrected chi connectivity index (χ4v) is 1.13. The first-order valence-corrected chi connectivity index (χ1v) is 9.18. The molecule has 0 aromatic carbocycles. The van der Waals surface area contributed by atoms with E-state index in [9.17, 15) is 0 Å². The van der Waals surface area contributed by atoms with Gasteiger partial charge in [-0.1, -0.05) is 0 Å². The second-order valence-electron chi connectivity index (χ2n) is 3.75. The van der Waals surface area contributed by atoms with E-state index in [1.165, 1.54) is 0 Å². The molecule has 0 bridgehead atoms. The molecule has 2 rings (SSSR count). The molecule has 0 unspecified atom stereocenters. The van der Waals surface area contributed by atoms with Gasteiger partial charge in [0.1, 0.15) is 11.6 Å². The van der Waals surface area contributed by atoms with Gasteiger partial charge in [0.05, 0.1) is 12.5 Å². The molecule has 2 aromatic heterocycles. The van der Waals surface area contributed by atoms with Crippen LogP contribution in [0, 0.1) is 13.8 Å². The molecule has 10 heteroatoms. The Morgan fingerprint density at radius 1 is 0.955 bits per heavy atom. The zero-order valence-electron chi connectivity index (χ0n) is 11.9. The van der Waals surface area contributed by atoms with Gasteiger partial charge in [-0.3, -0.25) is 0 Å². The van der Waals surface area contributed by atoms with E-state index in [4.69, 9.17) is 20.9 Å². The summed E-state index contributed by atoms with van der Waals surface area (Å²) in [4.78, 5) is 15.7. The lowest BCUT2D eigenvalue weighted by molar-refractivity contribution is 0.281. The molecule has 2 heterocycles. The van der Waals surface area contributed by atoms with E-state index in [2.05, 4.69) is 41.3 Å². The van der Waals surface area contributed by atoms with E-state index in [0.29, 0.717) is 5.88 Å². The quantitative estimate of drug-likeness (QED) is 0.631. The fraction of sp³-hybridized carbons (Fsp3) is 0.333. The van der Waals surface area contributed by atoms with Crippen molar-refractivity contribution in [1.82, 2.24) is 19.9 Å². The highest BCUT2D eigenvalue weighted by Crippen LogP contribution is 1.98. The lowest BCUT2D eigenvalue weighted by atomic mass is 10.4. The van der Waals surface area contributed by atoms with Crippen LogP contribution in [0.4, 0.5) is 0 Å². The minimum Gasteiger partial charge on any atom is -0.392 e. The van der Waals surface area contributed by atoms with Crippen molar-refractivity contribution in [2.24, 2.45) is 0 Å². The highest BCUT2D eigenvalue weighted by atomic mass is 36.0. The summed E-state index contributed by atoms with van der Waals surface area (Å²) in [5.41, 5.74) is 1.71. The molecule has 0 spiro atoms. The molecule has 0 amide bonds. The highest BCUT2D eigenvalue weighted by molar-refractivity contribution is 8.26. The van der Waals surface area contributed by atoms with Crippen LogP contribution in [-0.4, -0.2) is 29.3 Å². The smallest absolute Gasteiger partial charge is 0.211 e. The lowest BCUT2D eigenvalue weighted by Gasteiger charge is -1.92. The Morgan fingerprint density at radius 3 is 1.55 bits per heavy atom. The third-order valence-corrected chi connectivity index (χ3v) is 2.31. The van der Waals surface area contributed by atoms with Crippen molar-refractivity contribution in [2.45, 2.75) is 26.3 Å².